The first kappa shape index (κ1) is 89.5. The summed E-state index contributed by atoms with van der Waals surface area (Å²) in [5, 5.41) is 15.6. The summed E-state index contributed by atoms with van der Waals surface area (Å²) in [6, 6.07) is 21.6. The highest BCUT2D eigenvalue weighted by Gasteiger charge is 2.57. The van der Waals surface area contributed by atoms with Crippen molar-refractivity contribution in [1.29, 1.82) is 0 Å². The summed E-state index contributed by atoms with van der Waals surface area (Å²) in [6.07, 6.45) is 15.2. The zero-order valence-electron chi connectivity index (χ0n) is 62.5. The van der Waals surface area contributed by atoms with Crippen molar-refractivity contribution < 1.29 is 89.6 Å². The second-order valence-electron chi connectivity index (χ2n) is 28.4. The lowest BCUT2D eigenvalue weighted by atomic mass is 9.89. The summed E-state index contributed by atoms with van der Waals surface area (Å²) in [4.78, 5) is 58.1. The fourth-order valence-corrected chi connectivity index (χ4v) is 13.8. The van der Waals surface area contributed by atoms with Gasteiger partial charge in [-0.15, -0.1) is 6.58 Å². The Balaban J connectivity index is 1.25. The van der Waals surface area contributed by atoms with Crippen molar-refractivity contribution >= 4 is 58.6 Å². The molecule has 105 heavy (non-hydrogen) atoms. The van der Waals surface area contributed by atoms with E-state index in [2.05, 4.69) is 32.7 Å². The fraction of sp³-hybridized carbons (Fsp3) is 0.707. The van der Waals surface area contributed by atoms with Crippen LogP contribution in [0.3, 0.4) is 0 Å². The molecular formula is C82H121Cl3F3NO16. The van der Waals surface area contributed by atoms with Crippen molar-refractivity contribution in [2.24, 2.45) is 5.92 Å². The van der Waals surface area contributed by atoms with Crippen LogP contribution in [0.1, 0.15) is 268 Å². The maximum absolute atomic E-state index is 15.0. The molecule has 23 heteroatoms. The van der Waals surface area contributed by atoms with Crippen LogP contribution in [0.4, 0.5) is 13.2 Å². The first-order chi connectivity index (χ1) is 50.8. The van der Waals surface area contributed by atoms with Gasteiger partial charge in [0.05, 0.1) is 57.5 Å². The number of amides is 1. The van der Waals surface area contributed by atoms with Gasteiger partial charge in [-0.1, -0.05) is 308 Å². The molecule has 17 nitrogen and oxygen atoms in total. The number of aliphatic hydroxyl groups is 1. The van der Waals surface area contributed by atoms with Crippen LogP contribution in [0.5, 0.6) is 0 Å². The molecule has 2 N–H and O–H groups in total. The fourth-order valence-electron chi connectivity index (χ4n) is 13.6. The number of carbonyl (C=O) groups is 4. The largest absolute Gasteiger partial charge is 0.462 e. The predicted molar refractivity (Wildman–Crippen MR) is 401 cm³/mol. The number of aliphatic hydroxyl groups excluding tert-OH is 1. The standard InChI is InChI=1S/C82H121Cl3F3NO16/c1-5-9-12-15-18-21-22-25-28-31-40-47-69(91)101-65(46-39-30-27-24-20-17-14-11-7-3)54-70(92)104-76-71(77(94)100-59-81(83,84)85)79(102-67-58-98-78(105-75(67)76)62-43-36-33-37-44-62)99-57-66-74(97-56-60-41-34-32-35-42-60)73(93)72(80(103-66)95-52-8-4)89-68(90)53-64(45-38-29-26-23-19-16-13-10-6-2)96-55-61-48-50-63(51-49-61)82(86,87)88/h8,32-37,41-44,48-51,64-67,71-76,78-80,93H,4-7,9-31,38-40,45-47,52-59H2,1-3H3,(H,89,90)/t64-,65-,66-,67-,71+,72-,73-,74-,75-,76-,78?,79-,80+/m1/s1. The number of alkyl halides is 6. The van der Waals surface area contributed by atoms with Gasteiger partial charge in [0.1, 0.15) is 61.3 Å². The number of halogens is 6. The van der Waals surface area contributed by atoms with Crippen molar-refractivity contribution in [3.05, 3.63) is 120 Å². The smallest absolute Gasteiger partial charge is 0.416 e. The predicted octanol–water partition coefficient (Wildman–Crippen LogP) is 19.5. The Bertz CT molecular complexity index is 2850. The molecule has 13 atom stereocenters. The molecule has 6 rings (SSSR count). The number of benzene rings is 3. The first-order valence-corrected chi connectivity index (χ1v) is 40.4. The molecule has 0 spiro atoms. The number of rotatable bonds is 54. The van der Waals surface area contributed by atoms with Gasteiger partial charge < -0.3 is 62.5 Å². The molecule has 3 heterocycles. The topological polar surface area (TPSA) is 202 Å². The third-order valence-corrected chi connectivity index (χ3v) is 19.9. The SMILES string of the molecule is C=CCO[C@H]1O[C@H](CO[C@@H]2O[C@@H]3COC(c4ccccc4)O[C@H]3[C@H](OC(=O)C[C@@H](CCCCCCCCCCC)OC(=O)CCCCCCCCCCCCC)[C@H]2C(=O)OCC(Cl)(Cl)Cl)[C@@H](OCc2ccccc2)[C@H](O)[C@H]1NC(=O)C[C@@H](CCCCCCCCCCC)OCc1ccc(C(F)(F)F)cc1. The van der Waals surface area contributed by atoms with Gasteiger partial charge in [-0.2, -0.15) is 13.2 Å². The van der Waals surface area contributed by atoms with Gasteiger partial charge in [0.15, 0.2) is 18.9 Å². The summed E-state index contributed by atoms with van der Waals surface area (Å²) in [7, 11) is 0. The third-order valence-electron chi connectivity index (χ3n) is 19.5. The number of ether oxygens (including phenoxy) is 11. The quantitative estimate of drug-likeness (QED) is 0.0177. The van der Waals surface area contributed by atoms with Gasteiger partial charge >= 0.3 is 24.1 Å². The van der Waals surface area contributed by atoms with E-state index in [4.69, 9.17) is 86.9 Å². The lowest BCUT2D eigenvalue weighted by molar-refractivity contribution is -0.358. The van der Waals surface area contributed by atoms with E-state index in [1.165, 1.54) is 108 Å². The van der Waals surface area contributed by atoms with Gasteiger partial charge in [-0.05, 0) is 48.9 Å². The summed E-state index contributed by atoms with van der Waals surface area (Å²) in [5.41, 5.74) is 1.05. The number of nitrogens with one attached hydrogen (secondary N) is 1. The second-order valence-corrected chi connectivity index (χ2v) is 30.9. The molecule has 0 radical (unpaired) electrons. The lowest BCUT2D eigenvalue weighted by Gasteiger charge is -2.48. The highest BCUT2D eigenvalue weighted by molar-refractivity contribution is 6.67. The molecule has 592 valence electrons. The molecule has 3 saturated heterocycles. The van der Waals surface area contributed by atoms with Gasteiger partial charge in [0, 0.05) is 12.0 Å². The molecule has 0 aromatic heterocycles. The molecular weight excluding hydrogens is 1420 g/mol. The van der Waals surface area contributed by atoms with E-state index >= 15 is 0 Å². The van der Waals surface area contributed by atoms with Gasteiger partial charge in [0.25, 0.3) is 0 Å². The molecule has 3 aliphatic heterocycles. The Morgan fingerprint density at radius 3 is 1.69 bits per heavy atom. The molecule has 0 saturated carbocycles. The average Bonchev–Trinajstić information content (AvgIpc) is 0.765. The number of esters is 3. The molecule has 3 aliphatic rings. The Morgan fingerprint density at radius 1 is 0.600 bits per heavy atom. The first-order valence-electron chi connectivity index (χ1n) is 39.3. The highest BCUT2D eigenvalue weighted by Crippen LogP contribution is 2.41. The average molecular weight is 1540 g/mol. The Hall–Kier alpha value is -4.42. The summed E-state index contributed by atoms with van der Waals surface area (Å²) in [6.45, 7) is 8.80. The van der Waals surface area contributed by atoms with E-state index in [0.717, 1.165) is 101 Å². The molecule has 1 amide bonds. The van der Waals surface area contributed by atoms with Crippen LogP contribution < -0.4 is 5.32 Å². The maximum atomic E-state index is 15.0. The summed E-state index contributed by atoms with van der Waals surface area (Å²) >= 11 is 18.7. The van der Waals surface area contributed by atoms with Crippen molar-refractivity contribution in [2.45, 2.75) is 336 Å². The van der Waals surface area contributed by atoms with E-state index in [1.54, 1.807) is 12.1 Å². The minimum atomic E-state index is -4.52. The van der Waals surface area contributed by atoms with Crippen molar-refractivity contribution in [1.82, 2.24) is 5.32 Å². The molecule has 0 aliphatic carbocycles. The minimum absolute atomic E-state index is 0.0559. The van der Waals surface area contributed by atoms with Gasteiger partial charge in [0.2, 0.25) is 9.70 Å². The molecule has 0 bridgehead atoms. The molecule has 3 aromatic rings. The number of fused-ring (bicyclic) bond motifs is 1. The minimum Gasteiger partial charge on any atom is -0.462 e. The normalized spacial score (nSPS) is 22.5. The number of carbonyl (C=O) groups excluding carboxylic acids is 4. The summed E-state index contributed by atoms with van der Waals surface area (Å²) in [5.74, 6) is -4.50. The van der Waals surface area contributed by atoms with Crippen LogP contribution in [-0.4, -0.2) is 127 Å². The van der Waals surface area contributed by atoms with Crippen LogP contribution in [0.25, 0.3) is 0 Å². The van der Waals surface area contributed by atoms with E-state index in [0.29, 0.717) is 36.8 Å². The highest BCUT2D eigenvalue weighted by atomic mass is 35.6. The van der Waals surface area contributed by atoms with Crippen LogP contribution >= 0.6 is 34.8 Å². The van der Waals surface area contributed by atoms with Gasteiger partial charge in [-0.25, -0.2) is 0 Å². The monoisotopic (exact) mass is 1540 g/mol. The van der Waals surface area contributed by atoms with Gasteiger partial charge in [-0.3, -0.25) is 19.2 Å². The third kappa shape index (κ3) is 35.0. The lowest BCUT2D eigenvalue weighted by Crippen LogP contribution is -2.66. The Kier molecular flexibility index (Phi) is 43.6. The number of unbranched alkanes of at least 4 members (excludes halogenated alkanes) is 26. The Labute approximate surface area is 638 Å². The van der Waals surface area contributed by atoms with E-state index in [-0.39, 0.29) is 45.7 Å². The molecule has 3 fully saturated rings. The number of hydrogen-bond acceptors (Lipinski definition) is 16. The van der Waals surface area contributed by atoms with Crippen LogP contribution in [-0.2, 0) is 90.7 Å². The van der Waals surface area contributed by atoms with E-state index in [9.17, 15) is 37.5 Å². The van der Waals surface area contributed by atoms with E-state index < -0.39 is 132 Å². The maximum Gasteiger partial charge on any atom is 0.416 e. The van der Waals surface area contributed by atoms with E-state index in [1.807, 2.05) is 48.5 Å². The zero-order chi connectivity index (χ0) is 75.5. The van der Waals surface area contributed by atoms with Crippen LogP contribution in [0.15, 0.2) is 97.6 Å². The summed E-state index contributed by atoms with van der Waals surface area (Å²) < 4.78 is 109. The van der Waals surface area contributed by atoms with Crippen LogP contribution in [0.2, 0.25) is 0 Å². The van der Waals surface area contributed by atoms with Crippen LogP contribution in [0, 0.1) is 5.92 Å². The zero-order valence-corrected chi connectivity index (χ0v) is 64.8. The van der Waals surface area contributed by atoms with Crippen molar-refractivity contribution in [3.63, 3.8) is 0 Å². The Morgan fingerprint density at radius 2 is 1.13 bits per heavy atom. The second kappa shape index (κ2) is 51.1. The van der Waals surface area contributed by atoms with Crippen molar-refractivity contribution in [2.75, 3.05) is 26.4 Å². The van der Waals surface area contributed by atoms with Crippen molar-refractivity contribution in [3.8, 4) is 0 Å². The molecule has 3 aromatic carbocycles. The number of hydrogen-bond donors (Lipinski definition) is 2. The molecule has 1 unspecified atom stereocenters.